The number of allylic oxidation sites excluding steroid dienone is 3. The molecular formula is C22H34O3Si. The summed E-state index contributed by atoms with van der Waals surface area (Å²) in [5.74, 6) is 0.609. The monoisotopic (exact) mass is 374 g/mol. The lowest BCUT2D eigenvalue weighted by atomic mass is 9.84. The molecule has 1 aromatic carbocycles. The summed E-state index contributed by atoms with van der Waals surface area (Å²) in [6.45, 7) is 17.7. The first-order valence-corrected chi connectivity index (χ1v) is 12.1. The highest BCUT2D eigenvalue weighted by Crippen LogP contribution is 2.38. The summed E-state index contributed by atoms with van der Waals surface area (Å²) in [5, 5.41) is 0.163. The zero-order valence-electron chi connectivity index (χ0n) is 17.6. The van der Waals surface area contributed by atoms with Crippen molar-refractivity contribution in [3.8, 4) is 5.75 Å². The van der Waals surface area contributed by atoms with Crippen LogP contribution in [-0.4, -0.2) is 20.9 Å². The molecule has 0 amide bonds. The minimum Gasteiger partial charge on any atom is -0.543 e. The largest absolute Gasteiger partial charge is 0.543 e. The van der Waals surface area contributed by atoms with Crippen molar-refractivity contribution in [3.05, 3.63) is 54.1 Å². The second-order valence-electron chi connectivity index (χ2n) is 8.58. The van der Waals surface area contributed by atoms with Crippen LogP contribution in [0, 0.1) is 0 Å². The number of carbonyl (C=O) groups excluding carboxylic acids is 1. The molecule has 26 heavy (non-hydrogen) atoms. The Hall–Kier alpha value is -1.81. The molecule has 0 aliphatic heterocycles. The summed E-state index contributed by atoms with van der Waals surface area (Å²) >= 11 is 0. The number of hydrogen-bond acceptors (Lipinski definition) is 3. The van der Waals surface area contributed by atoms with E-state index < -0.39 is 8.32 Å². The SMILES string of the molecule is CCOC(=O)/C=C/C=C/C(C)(C)c1cccc(O[Si](C)(C)C(C)(C)C)c1. The zero-order chi connectivity index (χ0) is 20.0. The molecule has 0 fully saturated rings. The molecule has 0 heterocycles. The van der Waals surface area contributed by atoms with E-state index in [0.29, 0.717) is 6.61 Å². The zero-order valence-corrected chi connectivity index (χ0v) is 18.6. The van der Waals surface area contributed by atoms with Crippen LogP contribution in [-0.2, 0) is 14.9 Å². The predicted octanol–water partition coefficient (Wildman–Crippen LogP) is 6.02. The molecule has 3 nitrogen and oxygen atoms in total. The molecule has 0 bridgehead atoms. The van der Waals surface area contributed by atoms with E-state index in [0.717, 1.165) is 5.75 Å². The van der Waals surface area contributed by atoms with E-state index in [1.807, 2.05) is 18.2 Å². The number of hydrogen-bond donors (Lipinski definition) is 0. The average Bonchev–Trinajstić information content (AvgIpc) is 2.50. The van der Waals surface area contributed by atoms with Crippen molar-refractivity contribution in [1.29, 1.82) is 0 Å². The van der Waals surface area contributed by atoms with Gasteiger partial charge >= 0.3 is 5.97 Å². The van der Waals surface area contributed by atoms with Crippen molar-refractivity contribution in [1.82, 2.24) is 0 Å². The lowest BCUT2D eigenvalue weighted by molar-refractivity contribution is -0.137. The molecule has 0 N–H and O–H groups in total. The highest BCUT2D eigenvalue weighted by molar-refractivity contribution is 6.74. The fraction of sp³-hybridized carbons (Fsp3) is 0.500. The molecular weight excluding hydrogens is 340 g/mol. The Balaban J connectivity index is 2.93. The Morgan fingerprint density at radius 1 is 1.12 bits per heavy atom. The van der Waals surface area contributed by atoms with Gasteiger partial charge in [-0.1, -0.05) is 65.0 Å². The summed E-state index contributed by atoms with van der Waals surface area (Å²) in [4.78, 5) is 11.3. The van der Waals surface area contributed by atoms with Crippen molar-refractivity contribution in [2.75, 3.05) is 6.61 Å². The molecule has 144 valence electrons. The summed E-state index contributed by atoms with van der Waals surface area (Å²) < 4.78 is 11.3. The van der Waals surface area contributed by atoms with Crippen molar-refractivity contribution in [2.24, 2.45) is 0 Å². The summed E-state index contributed by atoms with van der Waals surface area (Å²) in [7, 11) is -1.86. The molecule has 0 saturated heterocycles. The van der Waals surface area contributed by atoms with Gasteiger partial charge in [0.15, 0.2) is 0 Å². The van der Waals surface area contributed by atoms with Crippen LogP contribution in [0.4, 0.5) is 0 Å². The van der Waals surface area contributed by atoms with E-state index in [9.17, 15) is 4.79 Å². The quantitative estimate of drug-likeness (QED) is 0.253. The van der Waals surface area contributed by atoms with Crippen molar-refractivity contribution in [3.63, 3.8) is 0 Å². The molecule has 0 aliphatic carbocycles. The lowest BCUT2D eigenvalue weighted by Crippen LogP contribution is -2.43. The van der Waals surface area contributed by atoms with Gasteiger partial charge in [-0.05, 0) is 42.8 Å². The first-order chi connectivity index (χ1) is 11.9. The molecule has 1 rings (SSSR count). The highest BCUT2D eigenvalue weighted by Gasteiger charge is 2.39. The molecule has 0 spiro atoms. The third kappa shape index (κ3) is 6.49. The molecule has 1 aromatic rings. The van der Waals surface area contributed by atoms with E-state index in [1.165, 1.54) is 11.6 Å². The van der Waals surface area contributed by atoms with Crippen LogP contribution >= 0.6 is 0 Å². The number of benzene rings is 1. The van der Waals surface area contributed by atoms with Gasteiger partial charge in [-0.2, -0.15) is 0 Å². The molecule has 0 atom stereocenters. The first-order valence-electron chi connectivity index (χ1n) is 9.21. The van der Waals surface area contributed by atoms with Gasteiger partial charge in [-0.25, -0.2) is 4.79 Å². The predicted molar refractivity (Wildman–Crippen MR) is 112 cm³/mol. The highest BCUT2D eigenvalue weighted by atomic mass is 28.4. The minimum atomic E-state index is -1.86. The van der Waals surface area contributed by atoms with Crippen molar-refractivity contribution >= 4 is 14.3 Å². The van der Waals surface area contributed by atoms with Crippen molar-refractivity contribution < 1.29 is 14.0 Å². The van der Waals surface area contributed by atoms with Crippen LogP contribution < -0.4 is 4.43 Å². The first kappa shape index (κ1) is 22.2. The third-order valence-corrected chi connectivity index (χ3v) is 9.26. The number of carbonyl (C=O) groups is 1. The standard InChI is InChI=1S/C22H34O3Si/c1-9-24-20(23)15-10-11-16-22(5,6)18-13-12-14-19(17-18)25-26(7,8)21(2,3)4/h10-17H,9H2,1-8H3/b15-10+,16-11+. The normalized spacial score (nSPS) is 13.4. The number of ether oxygens (including phenoxy) is 1. The molecule has 0 aromatic heterocycles. The fourth-order valence-electron chi connectivity index (χ4n) is 2.12. The van der Waals surface area contributed by atoms with Gasteiger partial charge in [0.05, 0.1) is 6.61 Å². The molecule has 0 radical (unpaired) electrons. The van der Waals surface area contributed by atoms with Gasteiger partial charge in [0, 0.05) is 11.5 Å². The fourth-order valence-corrected chi connectivity index (χ4v) is 3.15. The second kappa shape index (κ2) is 8.72. The second-order valence-corrected chi connectivity index (χ2v) is 13.3. The Labute approximate surface area is 160 Å². The topological polar surface area (TPSA) is 35.5 Å². The lowest BCUT2D eigenvalue weighted by Gasteiger charge is -2.36. The summed E-state index contributed by atoms with van der Waals surface area (Å²) in [5.41, 5.74) is 1.00. The van der Waals surface area contributed by atoms with Gasteiger partial charge in [0.2, 0.25) is 8.32 Å². The Morgan fingerprint density at radius 2 is 1.77 bits per heavy atom. The third-order valence-electron chi connectivity index (χ3n) is 4.90. The van der Waals surface area contributed by atoms with E-state index in [2.05, 4.69) is 65.9 Å². The Bertz CT molecular complexity index is 664. The van der Waals surface area contributed by atoms with Crippen LogP contribution in [0.15, 0.2) is 48.6 Å². The van der Waals surface area contributed by atoms with Gasteiger partial charge in [0.1, 0.15) is 5.75 Å². The van der Waals surface area contributed by atoms with E-state index in [1.54, 1.807) is 13.0 Å². The van der Waals surface area contributed by atoms with Gasteiger partial charge in [-0.15, -0.1) is 0 Å². The summed E-state index contributed by atoms with van der Waals surface area (Å²) in [6.07, 6.45) is 7.12. The van der Waals surface area contributed by atoms with Gasteiger partial charge in [0.25, 0.3) is 0 Å². The van der Waals surface area contributed by atoms with Gasteiger partial charge in [-0.3, -0.25) is 0 Å². The van der Waals surface area contributed by atoms with Crippen LogP contribution in [0.1, 0.15) is 47.1 Å². The molecule has 0 aliphatic rings. The maximum Gasteiger partial charge on any atom is 0.330 e. The van der Waals surface area contributed by atoms with Crippen molar-refractivity contribution in [2.45, 2.75) is 65.1 Å². The van der Waals surface area contributed by atoms with Crippen LogP contribution in [0.2, 0.25) is 18.1 Å². The van der Waals surface area contributed by atoms with E-state index in [4.69, 9.17) is 9.16 Å². The number of rotatable bonds is 7. The Kier molecular flexibility index (Phi) is 7.45. The molecule has 4 heteroatoms. The maximum atomic E-state index is 11.3. The molecule has 0 unspecified atom stereocenters. The summed E-state index contributed by atoms with van der Waals surface area (Å²) in [6, 6.07) is 8.31. The van der Waals surface area contributed by atoms with E-state index >= 15 is 0 Å². The maximum absolute atomic E-state index is 11.3. The number of esters is 1. The Morgan fingerprint density at radius 3 is 2.35 bits per heavy atom. The average molecular weight is 375 g/mol. The van der Waals surface area contributed by atoms with Crippen LogP contribution in [0.3, 0.4) is 0 Å². The minimum absolute atomic E-state index is 0.163. The van der Waals surface area contributed by atoms with Crippen LogP contribution in [0.5, 0.6) is 5.75 Å². The van der Waals surface area contributed by atoms with Crippen LogP contribution in [0.25, 0.3) is 0 Å². The van der Waals surface area contributed by atoms with E-state index in [-0.39, 0.29) is 16.4 Å². The molecule has 0 saturated carbocycles. The van der Waals surface area contributed by atoms with Gasteiger partial charge < -0.3 is 9.16 Å². The smallest absolute Gasteiger partial charge is 0.330 e.